The number of ether oxygens (including phenoxy) is 1. The molecule has 1 aromatic rings. The predicted molar refractivity (Wildman–Crippen MR) is 69.6 cm³/mol. The molecule has 5 heteroatoms. The van der Waals surface area contributed by atoms with Gasteiger partial charge in [0.1, 0.15) is 5.69 Å². The maximum absolute atomic E-state index is 11.3. The summed E-state index contributed by atoms with van der Waals surface area (Å²) >= 11 is 0. The van der Waals surface area contributed by atoms with E-state index in [4.69, 9.17) is 9.84 Å². The van der Waals surface area contributed by atoms with Crippen molar-refractivity contribution in [3.8, 4) is 0 Å². The van der Waals surface area contributed by atoms with E-state index in [-0.39, 0.29) is 11.5 Å². The number of carboxylic acid groups (broad SMARTS) is 1. The van der Waals surface area contributed by atoms with Crippen LogP contribution in [0.15, 0.2) is 12.3 Å². The van der Waals surface area contributed by atoms with Gasteiger partial charge in [-0.3, -0.25) is 4.79 Å². The number of carbonyl (C=O) groups excluding carboxylic acids is 1. The minimum Gasteiger partial charge on any atom is -0.477 e. The number of aromatic nitrogens is 1. The van der Waals surface area contributed by atoms with Crippen LogP contribution in [0.1, 0.15) is 47.0 Å². The molecular formula is C14H19NO4. The first-order chi connectivity index (χ1) is 9.08. The van der Waals surface area contributed by atoms with E-state index < -0.39 is 5.97 Å². The summed E-state index contributed by atoms with van der Waals surface area (Å²) in [7, 11) is 0. The van der Waals surface area contributed by atoms with Crippen molar-refractivity contribution in [2.75, 3.05) is 13.2 Å². The Morgan fingerprint density at radius 3 is 2.79 bits per heavy atom. The molecule has 1 N–H and O–H groups in total. The standard InChI is InChI=1S/C14H19NO4/c1-10(16)12-7-13(14(17)18)15(8-12)5-2-6-19-9-11-3-4-11/h7-8,11H,2-6,9H2,1H3,(H,17,18). The van der Waals surface area contributed by atoms with Gasteiger partial charge in [-0.05, 0) is 38.2 Å². The number of aryl methyl sites for hydroxylation is 1. The largest absolute Gasteiger partial charge is 0.477 e. The number of rotatable bonds is 8. The van der Waals surface area contributed by atoms with Crippen LogP contribution in [0.2, 0.25) is 0 Å². The Hall–Kier alpha value is -1.62. The first kappa shape index (κ1) is 13.8. The average Bonchev–Trinajstić information content (AvgIpc) is 3.05. The van der Waals surface area contributed by atoms with E-state index >= 15 is 0 Å². The Labute approximate surface area is 112 Å². The van der Waals surface area contributed by atoms with Crippen LogP contribution in [0.3, 0.4) is 0 Å². The normalized spacial score (nSPS) is 14.6. The number of ketones is 1. The number of carbonyl (C=O) groups is 2. The summed E-state index contributed by atoms with van der Waals surface area (Å²) in [5, 5.41) is 9.08. The van der Waals surface area contributed by atoms with Gasteiger partial charge in [0.25, 0.3) is 0 Å². The number of aromatic carboxylic acids is 1. The summed E-state index contributed by atoms with van der Waals surface area (Å²) in [5.41, 5.74) is 0.601. The Kier molecular flexibility index (Phi) is 4.37. The third kappa shape index (κ3) is 3.92. The van der Waals surface area contributed by atoms with Gasteiger partial charge in [0, 0.05) is 31.5 Å². The minimum absolute atomic E-state index is 0.119. The predicted octanol–water partition coefficient (Wildman–Crippen LogP) is 2.21. The highest BCUT2D eigenvalue weighted by atomic mass is 16.5. The van der Waals surface area contributed by atoms with E-state index in [1.54, 1.807) is 10.8 Å². The first-order valence-corrected chi connectivity index (χ1v) is 6.60. The molecule has 5 nitrogen and oxygen atoms in total. The van der Waals surface area contributed by atoms with Gasteiger partial charge in [-0.2, -0.15) is 0 Å². The maximum atomic E-state index is 11.3. The van der Waals surface area contributed by atoms with Crippen LogP contribution in [0.5, 0.6) is 0 Å². The number of hydrogen-bond donors (Lipinski definition) is 1. The molecule has 1 heterocycles. The zero-order valence-electron chi connectivity index (χ0n) is 11.1. The molecular weight excluding hydrogens is 246 g/mol. The Bertz CT molecular complexity index is 474. The van der Waals surface area contributed by atoms with Crippen molar-refractivity contribution >= 4 is 11.8 Å². The molecule has 1 aromatic heterocycles. The second-order valence-electron chi connectivity index (χ2n) is 5.04. The van der Waals surface area contributed by atoms with E-state index in [1.807, 2.05) is 0 Å². The van der Waals surface area contributed by atoms with Crippen molar-refractivity contribution in [2.24, 2.45) is 5.92 Å². The summed E-state index contributed by atoms with van der Waals surface area (Å²) in [6, 6.07) is 1.43. The molecule has 1 aliphatic carbocycles. The number of hydrogen-bond acceptors (Lipinski definition) is 3. The molecule has 0 spiro atoms. The molecule has 0 saturated heterocycles. The summed E-state index contributed by atoms with van der Waals surface area (Å²) in [4.78, 5) is 22.3. The van der Waals surface area contributed by atoms with Gasteiger partial charge in [-0.25, -0.2) is 4.79 Å². The minimum atomic E-state index is -1.01. The van der Waals surface area contributed by atoms with Crippen molar-refractivity contribution in [3.63, 3.8) is 0 Å². The highest BCUT2D eigenvalue weighted by Gasteiger charge is 2.21. The SMILES string of the molecule is CC(=O)c1cc(C(=O)O)n(CCCOCC2CC2)c1. The monoisotopic (exact) mass is 265 g/mol. The number of nitrogens with zero attached hydrogens (tertiary/aromatic N) is 1. The number of carboxylic acids is 1. The second kappa shape index (κ2) is 6.02. The third-order valence-electron chi connectivity index (χ3n) is 3.26. The lowest BCUT2D eigenvalue weighted by Crippen LogP contribution is -2.09. The van der Waals surface area contributed by atoms with Gasteiger partial charge in [0.2, 0.25) is 0 Å². The van der Waals surface area contributed by atoms with Crippen LogP contribution in [0, 0.1) is 5.92 Å². The molecule has 1 fully saturated rings. The van der Waals surface area contributed by atoms with Crippen molar-refractivity contribution in [1.82, 2.24) is 4.57 Å². The third-order valence-corrected chi connectivity index (χ3v) is 3.26. The average molecular weight is 265 g/mol. The van der Waals surface area contributed by atoms with E-state index in [0.29, 0.717) is 18.7 Å². The van der Waals surface area contributed by atoms with Crippen LogP contribution in [-0.2, 0) is 11.3 Å². The molecule has 0 radical (unpaired) electrons. The van der Waals surface area contributed by atoms with Gasteiger partial charge in [0.15, 0.2) is 5.78 Å². The summed E-state index contributed by atoms with van der Waals surface area (Å²) in [6.07, 6.45) is 4.89. The van der Waals surface area contributed by atoms with Gasteiger partial charge in [-0.15, -0.1) is 0 Å². The van der Waals surface area contributed by atoms with E-state index in [0.717, 1.165) is 18.9 Å². The Morgan fingerprint density at radius 1 is 1.47 bits per heavy atom. The molecule has 104 valence electrons. The van der Waals surface area contributed by atoms with Crippen molar-refractivity contribution in [2.45, 2.75) is 32.7 Å². The molecule has 0 bridgehead atoms. The van der Waals surface area contributed by atoms with Crippen LogP contribution in [0.25, 0.3) is 0 Å². The lowest BCUT2D eigenvalue weighted by molar-refractivity contribution is 0.0682. The molecule has 1 saturated carbocycles. The van der Waals surface area contributed by atoms with Crippen LogP contribution in [0.4, 0.5) is 0 Å². The molecule has 2 rings (SSSR count). The first-order valence-electron chi connectivity index (χ1n) is 6.60. The highest BCUT2D eigenvalue weighted by Crippen LogP contribution is 2.28. The zero-order valence-corrected chi connectivity index (χ0v) is 11.1. The lowest BCUT2D eigenvalue weighted by Gasteiger charge is -2.06. The lowest BCUT2D eigenvalue weighted by atomic mass is 10.2. The van der Waals surface area contributed by atoms with Gasteiger partial charge in [-0.1, -0.05) is 0 Å². The topological polar surface area (TPSA) is 68.5 Å². The summed E-state index contributed by atoms with van der Waals surface area (Å²) in [5.74, 6) is -0.386. The van der Waals surface area contributed by atoms with Crippen molar-refractivity contribution in [3.05, 3.63) is 23.5 Å². The molecule has 0 unspecified atom stereocenters. The fourth-order valence-corrected chi connectivity index (χ4v) is 1.94. The van der Waals surface area contributed by atoms with Gasteiger partial charge < -0.3 is 14.4 Å². The van der Waals surface area contributed by atoms with E-state index in [1.165, 1.54) is 25.8 Å². The van der Waals surface area contributed by atoms with Gasteiger partial charge >= 0.3 is 5.97 Å². The fourth-order valence-electron chi connectivity index (χ4n) is 1.94. The number of Topliss-reactive ketones (excluding diaryl/α,β-unsaturated/α-hetero) is 1. The summed E-state index contributed by atoms with van der Waals surface area (Å²) < 4.78 is 7.12. The van der Waals surface area contributed by atoms with Crippen molar-refractivity contribution < 1.29 is 19.4 Å². The molecule has 19 heavy (non-hydrogen) atoms. The van der Waals surface area contributed by atoms with Crippen LogP contribution < -0.4 is 0 Å². The smallest absolute Gasteiger partial charge is 0.352 e. The highest BCUT2D eigenvalue weighted by molar-refractivity contribution is 5.97. The molecule has 0 aromatic carbocycles. The van der Waals surface area contributed by atoms with E-state index in [9.17, 15) is 9.59 Å². The zero-order chi connectivity index (χ0) is 13.8. The molecule has 1 aliphatic rings. The maximum Gasteiger partial charge on any atom is 0.352 e. The molecule has 0 atom stereocenters. The fraction of sp³-hybridized carbons (Fsp3) is 0.571. The van der Waals surface area contributed by atoms with Crippen molar-refractivity contribution in [1.29, 1.82) is 0 Å². The summed E-state index contributed by atoms with van der Waals surface area (Å²) in [6.45, 7) is 3.43. The Balaban J connectivity index is 1.86. The molecule has 0 amide bonds. The van der Waals surface area contributed by atoms with Crippen LogP contribution in [-0.4, -0.2) is 34.6 Å². The Morgan fingerprint density at radius 2 is 2.21 bits per heavy atom. The second-order valence-corrected chi connectivity index (χ2v) is 5.04. The van der Waals surface area contributed by atoms with Gasteiger partial charge in [0.05, 0.1) is 0 Å². The van der Waals surface area contributed by atoms with E-state index in [2.05, 4.69) is 0 Å². The quantitative estimate of drug-likeness (QED) is 0.578. The molecule has 0 aliphatic heterocycles. The van der Waals surface area contributed by atoms with Crippen LogP contribution >= 0.6 is 0 Å².